The van der Waals surface area contributed by atoms with Gasteiger partial charge in [-0.1, -0.05) is 0 Å². The Hall–Kier alpha value is -1.64. The number of hydrogen-bond acceptors (Lipinski definition) is 3. The SMILES string of the molecule is Cc1ccc2c(=O)c(C(=O)O)c[n]([Al])c2n1. The highest BCUT2D eigenvalue weighted by molar-refractivity contribution is 6.11. The highest BCUT2D eigenvalue weighted by atomic mass is 27.1. The van der Waals surface area contributed by atoms with Gasteiger partial charge in [-0.25, -0.2) is 9.78 Å². The van der Waals surface area contributed by atoms with E-state index >= 15 is 0 Å². The van der Waals surface area contributed by atoms with Crippen molar-refractivity contribution in [2.75, 3.05) is 0 Å². The van der Waals surface area contributed by atoms with Crippen LogP contribution < -0.4 is 5.43 Å². The van der Waals surface area contributed by atoms with Gasteiger partial charge in [-0.15, -0.1) is 0 Å². The Kier molecular flexibility index (Phi) is 2.54. The molecule has 0 atom stereocenters. The van der Waals surface area contributed by atoms with E-state index in [1.165, 1.54) is 9.75 Å². The van der Waals surface area contributed by atoms with E-state index in [4.69, 9.17) is 5.11 Å². The summed E-state index contributed by atoms with van der Waals surface area (Å²) in [5.41, 5.74) is 0.466. The number of nitrogens with zero attached hydrogens (tertiary/aromatic N) is 2. The molecule has 2 rings (SSSR count). The van der Waals surface area contributed by atoms with Gasteiger partial charge < -0.3 is 8.66 Å². The smallest absolute Gasteiger partial charge is 0.341 e. The molecular weight excluding hydrogens is 223 g/mol. The summed E-state index contributed by atoms with van der Waals surface area (Å²) < 4.78 is 1.47. The third-order valence-corrected chi connectivity index (χ3v) is 2.64. The minimum absolute atomic E-state index is 0.256. The zero-order valence-electron chi connectivity index (χ0n) is 8.47. The van der Waals surface area contributed by atoms with Gasteiger partial charge in [0.15, 0.2) is 0 Å². The number of aryl methyl sites for hydroxylation is 1. The first-order valence-electron chi connectivity index (χ1n) is 4.52. The summed E-state index contributed by atoms with van der Waals surface area (Å²) in [6.45, 7) is 1.81. The van der Waals surface area contributed by atoms with E-state index in [-0.39, 0.29) is 5.56 Å². The van der Waals surface area contributed by atoms with E-state index in [0.717, 1.165) is 5.69 Å². The number of carboxylic acids is 1. The Bertz CT molecular complexity index is 648. The number of rotatable bonds is 1. The number of fused-ring (bicyclic) bond motifs is 1. The largest absolute Gasteiger partial charge is 0.477 e. The average Bonchev–Trinajstić information content (AvgIpc) is 2.22. The standard InChI is InChI=1S/C10H8N2O3.Al/c1-5-2-3-6-8(13)7(10(14)15)4-11-9(6)12-5;/h2-4H,1H3,(H2,11,12,13,14,15);/q;+1/p-1. The van der Waals surface area contributed by atoms with Gasteiger partial charge in [-0.2, -0.15) is 0 Å². The molecule has 5 nitrogen and oxygen atoms in total. The van der Waals surface area contributed by atoms with Crippen LogP contribution in [0.4, 0.5) is 0 Å². The van der Waals surface area contributed by atoms with Crippen molar-refractivity contribution in [3.63, 3.8) is 0 Å². The third kappa shape index (κ3) is 1.62. The van der Waals surface area contributed by atoms with Crippen molar-refractivity contribution in [2.45, 2.75) is 6.92 Å². The highest BCUT2D eigenvalue weighted by Crippen LogP contribution is 2.08. The molecule has 0 aliphatic carbocycles. The van der Waals surface area contributed by atoms with Crippen molar-refractivity contribution in [2.24, 2.45) is 0 Å². The molecule has 0 aliphatic rings. The quantitative estimate of drug-likeness (QED) is 0.717. The summed E-state index contributed by atoms with van der Waals surface area (Å²) in [6.07, 6.45) is 1.25. The number of aromatic nitrogens is 2. The molecule has 16 heavy (non-hydrogen) atoms. The van der Waals surface area contributed by atoms with Crippen molar-refractivity contribution in [3.05, 3.63) is 39.8 Å². The molecular formula is C10H7AlN2O3. The van der Waals surface area contributed by atoms with Crippen LogP contribution in [0.15, 0.2) is 23.1 Å². The van der Waals surface area contributed by atoms with E-state index in [1.54, 1.807) is 19.1 Å². The van der Waals surface area contributed by atoms with Gasteiger partial charge in [0.1, 0.15) is 11.2 Å². The number of aromatic carboxylic acids is 1. The lowest BCUT2D eigenvalue weighted by Crippen LogP contribution is -2.19. The van der Waals surface area contributed by atoms with Crippen LogP contribution >= 0.6 is 0 Å². The lowest BCUT2D eigenvalue weighted by atomic mass is 10.2. The minimum atomic E-state index is -1.23. The maximum atomic E-state index is 11.8. The van der Waals surface area contributed by atoms with E-state index in [0.29, 0.717) is 11.0 Å². The molecule has 0 spiro atoms. The zero-order valence-corrected chi connectivity index (χ0v) is 9.62. The predicted molar refractivity (Wildman–Crippen MR) is 58.9 cm³/mol. The van der Waals surface area contributed by atoms with Crippen LogP contribution in [0.3, 0.4) is 0 Å². The highest BCUT2D eigenvalue weighted by Gasteiger charge is 2.12. The second-order valence-electron chi connectivity index (χ2n) is 3.41. The van der Waals surface area contributed by atoms with Crippen LogP contribution in [0, 0.1) is 6.92 Å². The summed E-state index contributed by atoms with van der Waals surface area (Å²) in [5.74, 6) is -1.23. The van der Waals surface area contributed by atoms with Crippen LogP contribution in [0.2, 0.25) is 0 Å². The van der Waals surface area contributed by atoms with Crippen LogP contribution in [0.1, 0.15) is 16.1 Å². The molecule has 0 aromatic carbocycles. The zero-order chi connectivity index (χ0) is 11.9. The first kappa shape index (κ1) is 10.9. The van der Waals surface area contributed by atoms with Crippen molar-refractivity contribution < 1.29 is 9.90 Å². The molecule has 2 radical (unpaired) electrons. The van der Waals surface area contributed by atoms with Crippen LogP contribution in [0.5, 0.6) is 0 Å². The van der Waals surface area contributed by atoms with Gasteiger partial charge in [0.25, 0.3) is 0 Å². The Morgan fingerprint density at radius 2 is 2.19 bits per heavy atom. The number of carbonyl (C=O) groups is 1. The predicted octanol–water partition coefficient (Wildman–Crippen LogP) is 0.335. The molecule has 1 N–H and O–H groups in total. The van der Waals surface area contributed by atoms with E-state index in [1.807, 2.05) is 0 Å². The van der Waals surface area contributed by atoms with Gasteiger partial charge in [0, 0.05) is 5.69 Å². The molecule has 0 saturated heterocycles. The second-order valence-corrected chi connectivity index (χ2v) is 3.96. The van der Waals surface area contributed by atoms with Gasteiger partial charge >= 0.3 is 22.5 Å². The van der Waals surface area contributed by atoms with Crippen LogP contribution in [-0.4, -0.2) is 36.1 Å². The fraction of sp³-hybridized carbons (Fsp3) is 0.100. The first-order valence-corrected chi connectivity index (χ1v) is 5.03. The van der Waals surface area contributed by atoms with E-state index in [9.17, 15) is 9.59 Å². The van der Waals surface area contributed by atoms with Crippen molar-refractivity contribution in [1.29, 1.82) is 0 Å². The van der Waals surface area contributed by atoms with Crippen LogP contribution in [0.25, 0.3) is 11.0 Å². The summed E-state index contributed by atoms with van der Waals surface area (Å²) >= 11 is 2.32. The number of hydrogen-bond donors (Lipinski definition) is 1. The second kappa shape index (κ2) is 3.74. The van der Waals surface area contributed by atoms with Gasteiger partial charge in [0.05, 0.1) is 5.39 Å². The normalized spacial score (nSPS) is 10.6. The Morgan fingerprint density at radius 3 is 2.81 bits per heavy atom. The van der Waals surface area contributed by atoms with Crippen molar-refractivity contribution in [1.82, 2.24) is 8.53 Å². The van der Waals surface area contributed by atoms with Gasteiger partial charge in [-0.05, 0) is 25.3 Å². The third-order valence-electron chi connectivity index (χ3n) is 2.25. The van der Waals surface area contributed by atoms with Crippen LogP contribution in [-0.2, 0) is 0 Å². The fourth-order valence-electron chi connectivity index (χ4n) is 1.47. The molecule has 0 aliphatic heterocycles. The van der Waals surface area contributed by atoms with E-state index in [2.05, 4.69) is 21.5 Å². The van der Waals surface area contributed by atoms with Crippen molar-refractivity contribution in [3.8, 4) is 0 Å². The van der Waals surface area contributed by atoms with Gasteiger partial charge in [-0.3, -0.25) is 4.79 Å². The van der Waals surface area contributed by atoms with Gasteiger partial charge in [0.2, 0.25) is 5.43 Å². The molecule has 2 heterocycles. The van der Waals surface area contributed by atoms with E-state index < -0.39 is 11.4 Å². The van der Waals surface area contributed by atoms with Crippen molar-refractivity contribution >= 4 is 33.5 Å². The first-order chi connectivity index (χ1) is 7.50. The minimum Gasteiger partial charge on any atom is -0.477 e. The monoisotopic (exact) mass is 230 g/mol. The molecule has 0 fully saturated rings. The summed E-state index contributed by atoms with van der Waals surface area (Å²) in [6, 6.07) is 3.27. The summed E-state index contributed by atoms with van der Waals surface area (Å²) in [7, 11) is 0. The maximum absolute atomic E-state index is 11.8. The fourth-order valence-corrected chi connectivity index (χ4v) is 1.82. The lowest BCUT2D eigenvalue weighted by molar-refractivity contribution is 0.0695. The Balaban J connectivity index is 2.96. The topological polar surface area (TPSA) is 72.2 Å². The molecule has 2 aromatic rings. The summed E-state index contributed by atoms with van der Waals surface area (Å²) in [5, 5.41) is 9.17. The summed E-state index contributed by atoms with van der Waals surface area (Å²) in [4.78, 5) is 26.8. The molecule has 78 valence electrons. The lowest BCUT2D eigenvalue weighted by Gasteiger charge is -2.07. The maximum Gasteiger partial charge on any atom is 0.341 e. The molecule has 6 heteroatoms. The molecule has 0 saturated carbocycles. The number of carboxylic acid groups (broad SMARTS) is 1. The molecule has 0 unspecified atom stereocenters. The Morgan fingerprint density at radius 1 is 1.50 bits per heavy atom. The Labute approximate surface area is 99.0 Å². The molecule has 2 aromatic heterocycles. The number of pyridine rings is 2. The molecule has 0 amide bonds. The average molecular weight is 230 g/mol. The molecule has 0 bridgehead atoms.